The van der Waals surface area contributed by atoms with Gasteiger partial charge in [0.15, 0.2) is 0 Å². The molecule has 1 aliphatic heterocycles. The van der Waals surface area contributed by atoms with Crippen LogP contribution in [0.15, 0.2) is 34.4 Å². The maximum Gasteiger partial charge on any atom is 0.295 e. The van der Waals surface area contributed by atoms with Crippen molar-refractivity contribution in [3.63, 3.8) is 0 Å². The van der Waals surface area contributed by atoms with Crippen LogP contribution < -0.4 is 5.43 Å². The van der Waals surface area contributed by atoms with Crippen LogP contribution in [0.5, 0.6) is 0 Å². The summed E-state index contributed by atoms with van der Waals surface area (Å²) in [7, 11) is 0. The Morgan fingerprint density at radius 2 is 2.15 bits per heavy atom. The van der Waals surface area contributed by atoms with E-state index < -0.39 is 0 Å². The van der Waals surface area contributed by atoms with Gasteiger partial charge in [0, 0.05) is 0 Å². The third kappa shape index (κ3) is 2.57. The number of benzene rings is 1. The van der Waals surface area contributed by atoms with Crippen molar-refractivity contribution in [2.75, 3.05) is 0 Å². The molecule has 0 saturated heterocycles. The van der Waals surface area contributed by atoms with Crippen molar-refractivity contribution < 1.29 is 4.79 Å². The van der Waals surface area contributed by atoms with E-state index in [1.54, 1.807) is 0 Å². The summed E-state index contributed by atoms with van der Waals surface area (Å²) in [5.74, 6) is 1.10. The van der Waals surface area contributed by atoms with Crippen molar-refractivity contribution in [3.8, 4) is 0 Å². The molecule has 1 N–H and O–H groups in total. The molecule has 0 fully saturated rings. The first-order valence-electron chi connectivity index (χ1n) is 6.23. The fraction of sp³-hybridized carbons (Fsp3) is 0.231. The number of amidine groups is 1. The minimum atomic E-state index is -0.297. The van der Waals surface area contributed by atoms with E-state index in [9.17, 15) is 4.79 Å². The Bertz CT molecular complexity index is 685. The summed E-state index contributed by atoms with van der Waals surface area (Å²) in [5.41, 5.74) is 6.26. The Morgan fingerprint density at radius 3 is 2.90 bits per heavy atom. The number of imidazole rings is 1. The van der Waals surface area contributed by atoms with Gasteiger partial charge in [-0.2, -0.15) is 4.99 Å². The third-order valence-electron chi connectivity index (χ3n) is 2.81. The van der Waals surface area contributed by atoms with E-state index >= 15 is 0 Å². The summed E-state index contributed by atoms with van der Waals surface area (Å²) >= 11 is 1.34. The van der Waals surface area contributed by atoms with Crippen LogP contribution in [0.2, 0.25) is 0 Å². The number of fused-ring (bicyclic) bond motifs is 1. The largest absolute Gasteiger partial charge is 0.341 e. The van der Waals surface area contributed by atoms with Crippen molar-refractivity contribution in [2.24, 2.45) is 10.1 Å². The second kappa shape index (κ2) is 5.46. The number of hydrogen-bond donors (Lipinski definition) is 1. The Labute approximate surface area is 119 Å². The van der Waals surface area contributed by atoms with Gasteiger partial charge < -0.3 is 4.98 Å². The smallest absolute Gasteiger partial charge is 0.295 e. The van der Waals surface area contributed by atoms with E-state index in [0.29, 0.717) is 23.1 Å². The first-order valence-corrected chi connectivity index (χ1v) is 7.22. The molecule has 0 aliphatic carbocycles. The molecule has 1 aromatic heterocycles. The minimum absolute atomic E-state index is 0.297. The maximum absolute atomic E-state index is 11.6. The van der Waals surface area contributed by atoms with Crippen molar-refractivity contribution in [3.05, 3.63) is 30.1 Å². The van der Waals surface area contributed by atoms with Crippen LogP contribution in [0.1, 0.15) is 19.2 Å². The molecular formula is C13H12N5OS. The highest BCUT2D eigenvalue weighted by molar-refractivity contribution is 8.13. The van der Waals surface area contributed by atoms with Gasteiger partial charge >= 0.3 is 0 Å². The second-order valence-electron chi connectivity index (χ2n) is 4.19. The monoisotopic (exact) mass is 286 g/mol. The molecule has 0 bridgehead atoms. The first kappa shape index (κ1) is 12.9. The highest BCUT2D eigenvalue weighted by atomic mass is 32.2. The Hall–Kier alpha value is -2.15. The van der Waals surface area contributed by atoms with E-state index in [1.165, 1.54) is 11.8 Å². The lowest BCUT2D eigenvalue weighted by Crippen LogP contribution is -2.23. The summed E-state index contributed by atoms with van der Waals surface area (Å²) in [6.07, 6.45) is 0.549. The molecule has 2 aromatic rings. The van der Waals surface area contributed by atoms with Crippen molar-refractivity contribution >= 4 is 39.6 Å². The number of aliphatic imine (C=N–C) groups is 1. The molecule has 0 unspecified atom stereocenters. The lowest BCUT2D eigenvalue weighted by atomic mass is 10.3. The standard InChI is InChI=1S/C13H12N5OS/c1-2-8-12(19)16-13(18-17-8)20-7-11-14-9-5-3-4-6-10(9)15-11/h3-6H,2,7H2,1H3,(H,14,15). The zero-order valence-electron chi connectivity index (χ0n) is 10.8. The molecule has 6 nitrogen and oxygen atoms in total. The van der Waals surface area contributed by atoms with Crippen LogP contribution in [-0.4, -0.2) is 26.8 Å². The molecule has 7 heteroatoms. The second-order valence-corrected chi connectivity index (χ2v) is 5.13. The van der Waals surface area contributed by atoms with E-state index in [4.69, 9.17) is 0 Å². The third-order valence-corrected chi connectivity index (χ3v) is 3.66. The average Bonchev–Trinajstić information content (AvgIpc) is 2.88. The molecule has 20 heavy (non-hydrogen) atoms. The SMILES string of the molecule is CCC1=N[N]C(SCc2nc3ccccc3[nH]2)=NC1=O. The molecule has 1 radical (unpaired) electrons. The Morgan fingerprint density at radius 1 is 1.30 bits per heavy atom. The predicted molar refractivity (Wildman–Crippen MR) is 79.7 cm³/mol. The van der Waals surface area contributed by atoms with Gasteiger partial charge in [0.25, 0.3) is 5.91 Å². The number of rotatable bonds is 3. The van der Waals surface area contributed by atoms with Crippen LogP contribution >= 0.6 is 11.8 Å². The molecule has 0 atom stereocenters. The Kier molecular flexibility index (Phi) is 3.51. The van der Waals surface area contributed by atoms with E-state index in [-0.39, 0.29) is 5.91 Å². The van der Waals surface area contributed by atoms with Crippen LogP contribution in [0.3, 0.4) is 0 Å². The van der Waals surface area contributed by atoms with Crippen LogP contribution in [0.4, 0.5) is 0 Å². The normalized spacial score (nSPS) is 14.9. The number of aromatic amines is 1. The number of para-hydroxylation sites is 2. The first-order chi connectivity index (χ1) is 9.76. The van der Waals surface area contributed by atoms with E-state index in [2.05, 4.69) is 25.5 Å². The number of nitrogens with one attached hydrogen (secondary N) is 1. The minimum Gasteiger partial charge on any atom is -0.341 e. The zero-order chi connectivity index (χ0) is 13.9. The molecule has 3 rings (SSSR count). The summed E-state index contributed by atoms with van der Waals surface area (Å²) in [6.45, 7) is 1.86. The number of carbonyl (C=O) groups excluding carboxylic acids is 1. The summed E-state index contributed by atoms with van der Waals surface area (Å²) in [5, 5.41) is 4.26. The van der Waals surface area contributed by atoms with Gasteiger partial charge in [-0.25, -0.2) is 4.98 Å². The molecule has 2 heterocycles. The van der Waals surface area contributed by atoms with Crippen molar-refractivity contribution in [1.29, 1.82) is 0 Å². The molecule has 1 aliphatic rings. The number of carbonyl (C=O) groups is 1. The lowest BCUT2D eigenvalue weighted by molar-refractivity contribution is -0.112. The van der Waals surface area contributed by atoms with Crippen molar-refractivity contribution in [1.82, 2.24) is 15.4 Å². The number of amides is 1. The predicted octanol–water partition coefficient (Wildman–Crippen LogP) is 2.06. The lowest BCUT2D eigenvalue weighted by Gasteiger charge is -2.07. The van der Waals surface area contributed by atoms with Crippen LogP contribution in [-0.2, 0) is 10.5 Å². The van der Waals surface area contributed by atoms with Gasteiger partial charge in [-0.1, -0.05) is 30.8 Å². The van der Waals surface area contributed by atoms with Crippen molar-refractivity contribution in [2.45, 2.75) is 19.1 Å². The van der Waals surface area contributed by atoms with Gasteiger partial charge in [-0.05, 0) is 18.6 Å². The summed E-state index contributed by atoms with van der Waals surface area (Å²) in [6, 6.07) is 7.82. The molecule has 101 valence electrons. The zero-order valence-corrected chi connectivity index (χ0v) is 11.6. The number of nitrogens with zero attached hydrogens (tertiary/aromatic N) is 4. The highest BCUT2D eigenvalue weighted by Gasteiger charge is 2.17. The number of aromatic nitrogens is 2. The van der Waals surface area contributed by atoms with Gasteiger partial charge in [-0.15, -0.1) is 10.5 Å². The van der Waals surface area contributed by atoms with E-state index in [0.717, 1.165) is 16.9 Å². The maximum atomic E-state index is 11.6. The van der Waals surface area contributed by atoms with Crippen LogP contribution in [0, 0.1) is 0 Å². The topological polar surface area (TPSA) is 84.6 Å². The van der Waals surface area contributed by atoms with Gasteiger partial charge in [0.2, 0.25) is 5.17 Å². The molecule has 1 amide bonds. The number of thioether (sulfide) groups is 1. The van der Waals surface area contributed by atoms with E-state index in [1.807, 2.05) is 31.2 Å². The molecule has 1 aromatic carbocycles. The Balaban J connectivity index is 1.67. The number of hydrogen-bond acceptors (Lipinski definition) is 4. The summed E-state index contributed by atoms with van der Waals surface area (Å²) < 4.78 is 0. The fourth-order valence-corrected chi connectivity index (χ4v) is 2.46. The van der Waals surface area contributed by atoms with Gasteiger partial charge in [-0.3, -0.25) is 4.79 Å². The molecule has 0 saturated carbocycles. The molecular weight excluding hydrogens is 274 g/mol. The van der Waals surface area contributed by atoms with Gasteiger partial charge in [0.1, 0.15) is 11.5 Å². The average molecular weight is 286 g/mol. The quantitative estimate of drug-likeness (QED) is 0.937. The summed E-state index contributed by atoms with van der Waals surface area (Å²) in [4.78, 5) is 23.1. The molecule has 0 spiro atoms. The highest BCUT2D eigenvalue weighted by Crippen LogP contribution is 2.17. The van der Waals surface area contributed by atoms with Crippen LogP contribution in [0.25, 0.3) is 11.0 Å². The fourth-order valence-electron chi connectivity index (χ4n) is 1.81. The number of H-pyrrole nitrogens is 1. The van der Waals surface area contributed by atoms with Gasteiger partial charge in [0.05, 0.1) is 16.8 Å².